The van der Waals surface area contributed by atoms with Crippen LogP contribution in [0.3, 0.4) is 0 Å². The van der Waals surface area contributed by atoms with E-state index in [1.54, 1.807) is 12.1 Å². The molecule has 2 aromatic carbocycles. The molecule has 0 fully saturated rings. The molecule has 0 radical (unpaired) electrons. The second-order valence-electron chi connectivity index (χ2n) is 4.22. The molecule has 0 aliphatic heterocycles. The van der Waals surface area contributed by atoms with Crippen LogP contribution in [-0.2, 0) is 0 Å². The van der Waals surface area contributed by atoms with Crippen molar-refractivity contribution in [1.82, 2.24) is 0 Å². The predicted molar refractivity (Wildman–Crippen MR) is 69.9 cm³/mol. The molecule has 0 saturated heterocycles. The van der Waals surface area contributed by atoms with Crippen molar-refractivity contribution in [3.05, 3.63) is 59.2 Å². The average Bonchev–Trinajstić information content (AvgIpc) is 2.32. The number of rotatable bonds is 2. The van der Waals surface area contributed by atoms with Gasteiger partial charge in [0.15, 0.2) is 11.6 Å². The molecule has 0 spiro atoms. The van der Waals surface area contributed by atoms with E-state index in [0.29, 0.717) is 11.3 Å². The van der Waals surface area contributed by atoms with Crippen molar-refractivity contribution in [2.24, 2.45) is 0 Å². The summed E-state index contributed by atoms with van der Waals surface area (Å²) in [5.74, 6) is -2.40. The fraction of sp³-hybridized carbons (Fsp3) is 0.0714. The number of halogens is 2. The predicted octanol–water partition coefficient (Wildman–Crippen LogP) is 3.11. The minimum atomic E-state index is -1.01. The molecule has 0 heterocycles. The Balaban J connectivity index is 2.22. The fourth-order valence-corrected chi connectivity index (χ4v) is 1.72. The highest BCUT2D eigenvalue weighted by Crippen LogP contribution is 2.16. The third-order valence-electron chi connectivity index (χ3n) is 2.54. The second kappa shape index (κ2) is 5.06. The Bertz CT molecular complexity index is 621. The maximum Gasteiger partial charge on any atom is 0.255 e. The Morgan fingerprint density at radius 3 is 2.47 bits per heavy atom. The molecule has 0 bridgehead atoms. The maximum atomic E-state index is 13.0. The van der Waals surface area contributed by atoms with E-state index in [0.717, 1.165) is 17.7 Å². The van der Waals surface area contributed by atoms with Gasteiger partial charge in [-0.3, -0.25) is 4.79 Å². The number of anilines is 2. The van der Waals surface area contributed by atoms with Crippen molar-refractivity contribution in [3.63, 3.8) is 0 Å². The summed E-state index contributed by atoms with van der Waals surface area (Å²) in [6, 6.07) is 8.07. The van der Waals surface area contributed by atoms with Crippen LogP contribution in [0.1, 0.15) is 15.9 Å². The zero-order valence-corrected chi connectivity index (χ0v) is 10.2. The van der Waals surface area contributed by atoms with Crippen molar-refractivity contribution < 1.29 is 13.6 Å². The molecule has 2 rings (SSSR count). The lowest BCUT2D eigenvalue weighted by atomic mass is 10.1. The normalized spacial score (nSPS) is 10.3. The van der Waals surface area contributed by atoms with Crippen LogP contribution < -0.4 is 11.1 Å². The van der Waals surface area contributed by atoms with Gasteiger partial charge in [-0.15, -0.1) is 0 Å². The Morgan fingerprint density at radius 2 is 1.84 bits per heavy atom. The lowest BCUT2D eigenvalue weighted by Gasteiger charge is -2.07. The quantitative estimate of drug-likeness (QED) is 0.817. The van der Waals surface area contributed by atoms with Crippen LogP contribution in [0.25, 0.3) is 0 Å². The van der Waals surface area contributed by atoms with Crippen molar-refractivity contribution in [3.8, 4) is 0 Å². The highest BCUT2D eigenvalue weighted by atomic mass is 19.2. The monoisotopic (exact) mass is 262 g/mol. The Labute approximate surface area is 109 Å². The van der Waals surface area contributed by atoms with Crippen LogP contribution >= 0.6 is 0 Å². The molecule has 0 aliphatic carbocycles. The van der Waals surface area contributed by atoms with E-state index in [2.05, 4.69) is 5.32 Å². The SMILES string of the molecule is Cc1cc(N)cc(C(=O)Nc2ccc(F)c(F)c2)c1. The molecule has 3 nitrogen and oxygen atoms in total. The lowest BCUT2D eigenvalue weighted by Crippen LogP contribution is -2.12. The number of hydrogen-bond donors (Lipinski definition) is 2. The summed E-state index contributed by atoms with van der Waals surface area (Å²) < 4.78 is 25.8. The van der Waals surface area contributed by atoms with Gasteiger partial charge in [-0.05, 0) is 42.8 Å². The minimum Gasteiger partial charge on any atom is -0.399 e. The molecule has 2 aromatic rings. The molecule has 0 atom stereocenters. The smallest absolute Gasteiger partial charge is 0.255 e. The maximum absolute atomic E-state index is 13.0. The summed E-state index contributed by atoms with van der Waals surface area (Å²) in [5.41, 5.74) is 7.50. The van der Waals surface area contributed by atoms with Crippen molar-refractivity contribution in [2.75, 3.05) is 11.1 Å². The fourth-order valence-electron chi connectivity index (χ4n) is 1.72. The number of benzene rings is 2. The molecule has 0 aliphatic rings. The molecule has 0 unspecified atom stereocenters. The largest absolute Gasteiger partial charge is 0.399 e. The highest BCUT2D eigenvalue weighted by Gasteiger charge is 2.09. The van der Waals surface area contributed by atoms with Gasteiger partial charge in [0.05, 0.1) is 0 Å². The third kappa shape index (κ3) is 3.07. The first-order valence-electron chi connectivity index (χ1n) is 5.59. The van der Waals surface area contributed by atoms with Gasteiger partial charge in [0.25, 0.3) is 5.91 Å². The first-order chi connectivity index (χ1) is 8.95. The molecule has 0 saturated carbocycles. The number of amides is 1. The number of carbonyl (C=O) groups is 1. The number of hydrogen-bond acceptors (Lipinski definition) is 2. The second-order valence-corrected chi connectivity index (χ2v) is 4.22. The molecule has 98 valence electrons. The van der Waals surface area contributed by atoms with Crippen LogP contribution in [0.4, 0.5) is 20.2 Å². The summed E-state index contributed by atoms with van der Waals surface area (Å²) in [5, 5.41) is 2.48. The zero-order valence-electron chi connectivity index (χ0n) is 10.2. The van der Waals surface area contributed by atoms with Crippen molar-refractivity contribution in [1.29, 1.82) is 0 Å². The summed E-state index contributed by atoms with van der Waals surface area (Å²) >= 11 is 0. The first-order valence-corrected chi connectivity index (χ1v) is 5.59. The Kier molecular flexibility index (Phi) is 3.46. The standard InChI is InChI=1S/C14H12F2N2O/c1-8-4-9(6-10(17)5-8)14(19)18-11-2-3-12(15)13(16)7-11/h2-7H,17H2,1H3,(H,18,19). The number of nitrogens with two attached hydrogens (primary N) is 1. The van der Waals surface area contributed by atoms with Crippen molar-refractivity contribution >= 4 is 17.3 Å². The molecule has 19 heavy (non-hydrogen) atoms. The summed E-state index contributed by atoms with van der Waals surface area (Å²) in [6.07, 6.45) is 0. The van der Waals surface area contributed by atoms with Crippen LogP contribution in [0.2, 0.25) is 0 Å². The Hall–Kier alpha value is -2.43. The summed E-state index contributed by atoms with van der Waals surface area (Å²) in [4.78, 5) is 11.9. The van der Waals surface area contributed by atoms with Gasteiger partial charge in [0.2, 0.25) is 0 Å². The van der Waals surface area contributed by atoms with E-state index in [1.165, 1.54) is 12.1 Å². The van der Waals surface area contributed by atoms with Gasteiger partial charge in [0.1, 0.15) is 0 Å². The van der Waals surface area contributed by atoms with Crippen LogP contribution in [-0.4, -0.2) is 5.91 Å². The molecule has 5 heteroatoms. The molecule has 0 aromatic heterocycles. The van der Waals surface area contributed by atoms with Gasteiger partial charge in [-0.25, -0.2) is 8.78 Å². The van der Waals surface area contributed by atoms with Crippen LogP contribution in [0.5, 0.6) is 0 Å². The van der Waals surface area contributed by atoms with Gasteiger partial charge in [0, 0.05) is 23.0 Å². The van der Waals surface area contributed by atoms with Crippen LogP contribution in [0, 0.1) is 18.6 Å². The highest BCUT2D eigenvalue weighted by molar-refractivity contribution is 6.04. The van der Waals surface area contributed by atoms with E-state index in [1.807, 2.05) is 6.92 Å². The van der Waals surface area contributed by atoms with E-state index < -0.39 is 17.5 Å². The van der Waals surface area contributed by atoms with Gasteiger partial charge in [-0.1, -0.05) is 0 Å². The molecular formula is C14H12F2N2O. The van der Waals surface area contributed by atoms with E-state index in [-0.39, 0.29) is 5.69 Å². The number of aryl methyl sites for hydroxylation is 1. The lowest BCUT2D eigenvalue weighted by molar-refractivity contribution is 0.102. The third-order valence-corrected chi connectivity index (χ3v) is 2.54. The molecule has 1 amide bonds. The number of carbonyl (C=O) groups excluding carboxylic acids is 1. The number of nitrogen functional groups attached to an aromatic ring is 1. The average molecular weight is 262 g/mol. The molecular weight excluding hydrogens is 250 g/mol. The van der Waals surface area contributed by atoms with E-state index >= 15 is 0 Å². The van der Waals surface area contributed by atoms with E-state index in [4.69, 9.17) is 5.73 Å². The van der Waals surface area contributed by atoms with Gasteiger partial charge >= 0.3 is 0 Å². The van der Waals surface area contributed by atoms with Gasteiger partial charge in [-0.2, -0.15) is 0 Å². The van der Waals surface area contributed by atoms with Crippen molar-refractivity contribution in [2.45, 2.75) is 6.92 Å². The number of nitrogens with one attached hydrogen (secondary N) is 1. The summed E-state index contributed by atoms with van der Waals surface area (Å²) in [6.45, 7) is 1.81. The Morgan fingerprint density at radius 1 is 1.11 bits per heavy atom. The molecule has 3 N–H and O–H groups in total. The van der Waals surface area contributed by atoms with E-state index in [9.17, 15) is 13.6 Å². The summed E-state index contributed by atoms with van der Waals surface area (Å²) in [7, 11) is 0. The first kappa shape index (κ1) is 13.0. The minimum absolute atomic E-state index is 0.184. The zero-order chi connectivity index (χ0) is 14.0. The topological polar surface area (TPSA) is 55.1 Å². The van der Waals surface area contributed by atoms with Gasteiger partial charge < -0.3 is 11.1 Å². The van der Waals surface area contributed by atoms with Crippen LogP contribution in [0.15, 0.2) is 36.4 Å².